The van der Waals surface area contributed by atoms with Crippen LogP contribution in [0.5, 0.6) is 5.75 Å². The topological polar surface area (TPSA) is 52.6 Å². The summed E-state index contributed by atoms with van der Waals surface area (Å²) in [6.45, 7) is 10.6. The van der Waals surface area contributed by atoms with E-state index >= 15 is 0 Å². The number of hydrogen-bond acceptors (Lipinski definition) is 4. The van der Waals surface area contributed by atoms with Crippen molar-refractivity contribution in [2.75, 3.05) is 7.11 Å². The standard InChI is InChI=1S/C28H30O4/c1-17(29)32-25-16-21(26(30)31-6)13-20-8-7-18(14-22(20)25)19-9-10-23-24(15-19)28(4,5)12-11-27(23,2)3/h7-10,13-16H,11-12H2,1-6H3. The van der Waals surface area contributed by atoms with E-state index in [1.807, 2.05) is 18.2 Å². The first-order valence-electron chi connectivity index (χ1n) is 11.0. The van der Waals surface area contributed by atoms with Gasteiger partial charge in [-0.15, -0.1) is 0 Å². The van der Waals surface area contributed by atoms with Gasteiger partial charge < -0.3 is 9.47 Å². The zero-order chi connectivity index (χ0) is 23.3. The summed E-state index contributed by atoms with van der Waals surface area (Å²) in [6, 6.07) is 16.1. The van der Waals surface area contributed by atoms with Gasteiger partial charge in [0.05, 0.1) is 12.7 Å². The van der Waals surface area contributed by atoms with Crippen molar-refractivity contribution >= 4 is 22.7 Å². The summed E-state index contributed by atoms with van der Waals surface area (Å²) in [5.41, 5.74) is 5.62. The van der Waals surface area contributed by atoms with Crippen LogP contribution >= 0.6 is 0 Å². The van der Waals surface area contributed by atoms with E-state index in [1.165, 1.54) is 31.6 Å². The molecule has 0 saturated heterocycles. The Balaban J connectivity index is 1.87. The molecule has 0 aromatic heterocycles. The molecule has 0 heterocycles. The lowest BCUT2D eigenvalue weighted by atomic mass is 9.63. The van der Waals surface area contributed by atoms with Crippen LogP contribution in [0.25, 0.3) is 21.9 Å². The first kappa shape index (κ1) is 22.1. The first-order chi connectivity index (χ1) is 15.0. The van der Waals surface area contributed by atoms with Crippen LogP contribution in [0.4, 0.5) is 0 Å². The second kappa shape index (κ2) is 7.77. The third kappa shape index (κ3) is 3.90. The van der Waals surface area contributed by atoms with Crippen LogP contribution < -0.4 is 4.74 Å². The third-order valence-corrected chi connectivity index (χ3v) is 6.78. The normalized spacial score (nSPS) is 16.3. The van der Waals surface area contributed by atoms with E-state index in [-0.39, 0.29) is 10.8 Å². The minimum absolute atomic E-state index is 0.121. The Morgan fingerprint density at radius 2 is 1.44 bits per heavy atom. The second-order valence-electron chi connectivity index (χ2n) is 10.0. The highest BCUT2D eigenvalue weighted by molar-refractivity contribution is 6.00. The van der Waals surface area contributed by atoms with Gasteiger partial charge in [-0.25, -0.2) is 4.79 Å². The van der Waals surface area contributed by atoms with E-state index in [9.17, 15) is 9.59 Å². The predicted octanol–water partition coefficient (Wildman–Crippen LogP) is 6.57. The number of ether oxygens (including phenoxy) is 2. The van der Waals surface area contributed by atoms with E-state index in [0.717, 1.165) is 28.3 Å². The van der Waals surface area contributed by atoms with Crippen molar-refractivity contribution in [2.45, 2.75) is 58.3 Å². The van der Waals surface area contributed by atoms with Crippen molar-refractivity contribution in [1.82, 2.24) is 0 Å². The molecule has 0 radical (unpaired) electrons. The molecule has 0 aliphatic heterocycles. The molecule has 1 aliphatic carbocycles. The molecule has 3 aromatic rings. The number of benzene rings is 3. The Labute approximate surface area is 189 Å². The van der Waals surface area contributed by atoms with Crippen LogP contribution in [0.15, 0.2) is 48.5 Å². The molecule has 166 valence electrons. The summed E-state index contributed by atoms with van der Waals surface area (Å²) in [5.74, 6) is -0.544. The molecule has 4 nitrogen and oxygen atoms in total. The van der Waals surface area contributed by atoms with Gasteiger partial charge in [-0.3, -0.25) is 4.79 Å². The van der Waals surface area contributed by atoms with Gasteiger partial charge >= 0.3 is 11.9 Å². The minimum atomic E-state index is -0.469. The molecular weight excluding hydrogens is 400 g/mol. The molecular formula is C28H30O4. The Kier molecular flexibility index (Phi) is 5.36. The van der Waals surface area contributed by atoms with Gasteiger partial charge in [-0.05, 0) is 69.5 Å². The van der Waals surface area contributed by atoms with Gasteiger partial charge in [0.15, 0.2) is 0 Å². The van der Waals surface area contributed by atoms with Crippen LogP contribution in [0, 0.1) is 0 Å². The average Bonchev–Trinajstić information content (AvgIpc) is 2.75. The average molecular weight is 431 g/mol. The highest BCUT2D eigenvalue weighted by Crippen LogP contribution is 2.47. The zero-order valence-corrected chi connectivity index (χ0v) is 19.7. The molecule has 0 N–H and O–H groups in total. The molecule has 0 spiro atoms. The van der Waals surface area contributed by atoms with Crippen molar-refractivity contribution in [2.24, 2.45) is 0 Å². The molecule has 1 aliphatic rings. The maximum Gasteiger partial charge on any atom is 0.338 e. The van der Waals surface area contributed by atoms with Crippen LogP contribution in [0.3, 0.4) is 0 Å². The zero-order valence-electron chi connectivity index (χ0n) is 19.7. The fourth-order valence-electron chi connectivity index (χ4n) is 4.75. The van der Waals surface area contributed by atoms with Gasteiger partial charge in [0, 0.05) is 12.3 Å². The SMILES string of the molecule is COC(=O)c1cc(OC(C)=O)c2cc(-c3ccc4c(c3)C(C)(C)CCC4(C)C)ccc2c1. The highest BCUT2D eigenvalue weighted by atomic mass is 16.5. The number of hydrogen-bond donors (Lipinski definition) is 0. The molecule has 4 heteroatoms. The minimum Gasteiger partial charge on any atom is -0.465 e. The molecule has 3 aromatic carbocycles. The third-order valence-electron chi connectivity index (χ3n) is 6.78. The maximum absolute atomic E-state index is 12.1. The van der Waals surface area contributed by atoms with Gasteiger partial charge in [-0.2, -0.15) is 0 Å². The maximum atomic E-state index is 12.1. The molecule has 0 unspecified atom stereocenters. The summed E-state index contributed by atoms with van der Waals surface area (Å²) >= 11 is 0. The molecule has 32 heavy (non-hydrogen) atoms. The predicted molar refractivity (Wildman–Crippen MR) is 127 cm³/mol. The van der Waals surface area contributed by atoms with Crippen LogP contribution in [-0.2, 0) is 20.4 Å². The van der Waals surface area contributed by atoms with E-state index in [1.54, 1.807) is 12.1 Å². The molecule has 0 bridgehead atoms. The summed E-state index contributed by atoms with van der Waals surface area (Å²) in [5, 5.41) is 1.59. The van der Waals surface area contributed by atoms with E-state index in [4.69, 9.17) is 9.47 Å². The highest BCUT2D eigenvalue weighted by Gasteiger charge is 2.37. The Morgan fingerprint density at radius 3 is 2.09 bits per heavy atom. The van der Waals surface area contributed by atoms with Gasteiger partial charge in [0.2, 0.25) is 0 Å². The summed E-state index contributed by atoms with van der Waals surface area (Å²) in [4.78, 5) is 23.8. The van der Waals surface area contributed by atoms with Crippen molar-refractivity contribution in [3.8, 4) is 16.9 Å². The van der Waals surface area contributed by atoms with Crippen LogP contribution in [0.2, 0.25) is 0 Å². The number of rotatable bonds is 3. The number of esters is 2. The van der Waals surface area contributed by atoms with E-state index in [2.05, 4.69) is 45.9 Å². The molecule has 0 amide bonds. The Morgan fingerprint density at radius 1 is 0.812 bits per heavy atom. The lowest BCUT2D eigenvalue weighted by Crippen LogP contribution is -2.33. The number of methoxy groups -OCH3 is 1. The largest absolute Gasteiger partial charge is 0.465 e. The summed E-state index contributed by atoms with van der Waals surface area (Å²) in [6.07, 6.45) is 2.33. The Bertz CT molecular complexity index is 1230. The molecule has 0 fully saturated rings. The van der Waals surface area contributed by atoms with Crippen molar-refractivity contribution in [3.05, 3.63) is 65.2 Å². The monoisotopic (exact) mass is 430 g/mol. The van der Waals surface area contributed by atoms with Gasteiger partial charge in [0.1, 0.15) is 5.75 Å². The smallest absolute Gasteiger partial charge is 0.338 e. The summed E-state index contributed by atoms with van der Waals surface area (Å²) < 4.78 is 10.3. The summed E-state index contributed by atoms with van der Waals surface area (Å²) in [7, 11) is 1.33. The van der Waals surface area contributed by atoms with Gasteiger partial charge in [-0.1, -0.05) is 58.0 Å². The van der Waals surface area contributed by atoms with Crippen LogP contribution in [-0.4, -0.2) is 19.0 Å². The van der Waals surface area contributed by atoms with Crippen molar-refractivity contribution in [1.29, 1.82) is 0 Å². The quantitative estimate of drug-likeness (QED) is 0.348. The van der Waals surface area contributed by atoms with E-state index < -0.39 is 11.9 Å². The number of carbonyl (C=O) groups excluding carboxylic acids is 2. The Hall–Kier alpha value is -3.14. The number of carbonyl (C=O) groups is 2. The van der Waals surface area contributed by atoms with Crippen molar-refractivity contribution < 1.29 is 19.1 Å². The lowest BCUT2D eigenvalue weighted by molar-refractivity contribution is -0.131. The lowest BCUT2D eigenvalue weighted by Gasteiger charge is -2.42. The van der Waals surface area contributed by atoms with Crippen LogP contribution in [0.1, 0.15) is 68.9 Å². The molecule has 4 rings (SSSR count). The van der Waals surface area contributed by atoms with Gasteiger partial charge in [0.25, 0.3) is 0 Å². The second-order valence-corrected chi connectivity index (χ2v) is 10.0. The molecule has 0 atom stereocenters. The molecule has 0 saturated carbocycles. The first-order valence-corrected chi connectivity index (χ1v) is 11.0. The fraction of sp³-hybridized carbons (Fsp3) is 0.357. The fourth-order valence-corrected chi connectivity index (χ4v) is 4.75. The van der Waals surface area contributed by atoms with E-state index in [0.29, 0.717) is 11.3 Å². The van der Waals surface area contributed by atoms with Crippen molar-refractivity contribution in [3.63, 3.8) is 0 Å². The number of fused-ring (bicyclic) bond motifs is 2.